The second-order valence-corrected chi connectivity index (χ2v) is 8.72. The van der Waals surface area contributed by atoms with Gasteiger partial charge in [-0.25, -0.2) is 0 Å². The third-order valence-corrected chi connectivity index (χ3v) is 5.68. The maximum atomic E-state index is 12.1. The summed E-state index contributed by atoms with van der Waals surface area (Å²) in [4.78, 5) is 0. The number of thiol groups is 1. The third-order valence-electron chi connectivity index (χ3n) is 3.17. The van der Waals surface area contributed by atoms with Crippen molar-refractivity contribution in [3.63, 3.8) is 0 Å². The molecule has 118 valence electrons. The first-order valence-corrected chi connectivity index (χ1v) is 9.78. The molecule has 1 N–H and O–H groups in total. The molecule has 0 aromatic heterocycles. The van der Waals surface area contributed by atoms with Crippen molar-refractivity contribution >= 4 is 26.7 Å². The zero-order valence-corrected chi connectivity index (χ0v) is 14.0. The number of hydrogen-bond donors (Lipinski definition) is 2. The van der Waals surface area contributed by atoms with Crippen molar-refractivity contribution in [2.75, 3.05) is 33.1 Å². The van der Waals surface area contributed by atoms with E-state index in [1.54, 1.807) is 14.0 Å². The van der Waals surface area contributed by atoms with Crippen molar-refractivity contribution in [1.29, 1.82) is 0 Å². The van der Waals surface area contributed by atoms with Crippen LogP contribution in [0.15, 0.2) is 0 Å². The van der Waals surface area contributed by atoms with Crippen molar-refractivity contribution in [2.45, 2.75) is 37.7 Å². The zero-order chi connectivity index (χ0) is 15.2. The summed E-state index contributed by atoms with van der Waals surface area (Å²) in [6.07, 6.45) is -0.275. The molecule has 0 aliphatic carbocycles. The van der Waals surface area contributed by atoms with Crippen LogP contribution in [0.4, 0.5) is 0 Å². The molecular formula is C11H24BO6PS. The van der Waals surface area contributed by atoms with Gasteiger partial charge in [-0.1, -0.05) is 19.2 Å². The number of aliphatic hydroxyl groups is 1. The Morgan fingerprint density at radius 3 is 2.70 bits per heavy atom. The molecule has 20 heavy (non-hydrogen) atoms. The SMILES string of the molecule is B[C@@H]1O[C@H](COC)C(OP(=O)(S)CC)[C@@H]1OCCCO. The molecular weight excluding hydrogens is 302 g/mol. The Hall–Kier alpha value is 0.445. The average molecular weight is 326 g/mol. The first-order valence-electron chi connectivity index (χ1n) is 6.82. The van der Waals surface area contributed by atoms with E-state index in [1.165, 1.54) is 0 Å². The van der Waals surface area contributed by atoms with Crippen LogP contribution in [0, 0.1) is 0 Å². The minimum atomic E-state index is -2.96. The van der Waals surface area contributed by atoms with E-state index in [-0.39, 0.29) is 24.8 Å². The van der Waals surface area contributed by atoms with Gasteiger partial charge in [-0.15, -0.1) is 0 Å². The molecule has 6 nitrogen and oxygen atoms in total. The van der Waals surface area contributed by atoms with Gasteiger partial charge in [-0.3, -0.25) is 4.57 Å². The summed E-state index contributed by atoms with van der Waals surface area (Å²) in [5.74, 6) is 0. The lowest BCUT2D eigenvalue weighted by Gasteiger charge is -2.26. The highest BCUT2D eigenvalue weighted by Crippen LogP contribution is 2.54. The minimum absolute atomic E-state index is 0.0645. The first kappa shape index (κ1) is 18.5. The van der Waals surface area contributed by atoms with Crippen LogP contribution in [0.2, 0.25) is 0 Å². The third kappa shape index (κ3) is 5.33. The van der Waals surface area contributed by atoms with E-state index >= 15 is 0 Å². The Kier molecular flexibility index (Phi) is 8.12. The summed E-state index contributed by atoms with van der Waals surface area (Å²) in [5.41, 5.74) is 0. The Morgan fingerprint density at radius 2 is 2.15 bits per heavy atom. The maximum Gasteiger partial charge on any atom is 0.254 e. The van der Waals surface area contributed by atoms with E-state index in [1.807, 2.05) is 7.85 Å². The van der Waals surface area contributed by atoms with Gasteiger partial charge in [0, 0.05) is 26.5 Å². The molecule has 1 aliphatic heterocycles. The summed E-state index contributed by atoms with van der Waals surface area (Å²) in [6, 6.07) is -0.191. The number of aliphatic hydroxyl groups excluding tert-OH is 1. The smallest absolute Gasteiger partial charge is 0.254 e. The summed E-state index contributed by atoms with van der Waals surface area (Å²) >= 11 is 4.09. The second-order valence-electron chi connectivity index (χ2n) is 4.77. The normalized spacial score (nSPS) is 33.2. The number of hydrogen-bond acceptors (Lipinski definition) is 6. The van der Waals surface area contributed by atoms with Crippen LogP contribution < -0.4 is 0 Å². The van der Waals surface area contributed by atoms with Crippen LogP contribution >= 0.6 is 18.8 Å². The highest BCUT2D eigenvalue weighted by Gasteiger charge is 2.46. The van der Waals surface area contributed by atoms with Gasteiger partial charge in [0.2, 0.25) is 0 Å². The van der Waals surface area contributed by atoms with Crippen LogP contribution in [0.1, 0.15) is 13.3 Å². The van der Waals surface area contributed by atoms with Crippen molar-refractivity contribution < 1.29 is 28.4 Å². The van der Waals surface area contributed by atoms with Crippen LogP contribution in [-0.4, -0.2) is 70.4 Å². The van der Waals surface area contributed by atoms with E-state index in [0.717, 1.165) is 0 Å². The van der Waals surface area contributed by atoms with Crippen molar-refractivity contribution in [3.05, 3.63) is 0 Å². The Bertz CT molecular complexity index is 334. The topological polar surface area (TPSA) is 74.2 Å². The maximum absolute atomic E-state index is 12.1. The van der Waals surface area contributed by atoms with Gasteiger partial charge in [0.05, 0.1) is 12.6 Å². The van der Waals surface area contributed by atoms with Crippen LogP contribution in [0.3, 0.4) is 0 Å². The molecule has 0 radical (unpaired) electrons. The lowest BCUT2D eigenvalue weighted by Crippen LogP contribution is -2.38. The van der Waals surface area contributed by atoms with Gasteiger partial charge in [0.25, 0.3) is 6.57 Å². The molecule has 1 rings (SSSR count). The fraction of sp³-hybridized carbons (Fsp3) is 1.00. The Labute approximate surface area is 126 Å². The largest absolute Gasteiger partial charge is 0.396 e. The van der Waals surface area contributed by atoms with Crippen molar-refractivity contribution in [3.8, 4) is 0 Å². The zero-order valence-electron chi connectivity index (χ0n) is 12.2. The Morgan fingerprint density at radius 1 is 1.45 bits per heavy atom. The standard InChI is InChI=1S/C11H24BO6PS/c1-3-19(14,20)18-9-8(7-15-2)17-11(12)10(9)16-6-4-5-13/h8-11,13H,3-7,12H2,1-2H3,(H,14,20)/t8-,9?,10+,11-,19?/m1/s1. The van der Waals surface area contributed by atoms with Crippen LogP contribution in [0.5, 0.6) is 0 Å². The van der Waals surface area contributed by atoms with Gasteiger partial charge in [-0.2, -0.15) is 0 Å². The van der Waals surface area contributed by atoms with Gasteiger partial charge < -0.3 is 23.8 Å². The summed E-state index contributed by atoms with van der Waals surface area (Å²) in [6.45, 7) is -0.389. The van der Waals surface area contributed by atoms with Gasteiger partial charge in [0.1, 0.15) is 26.2 Å². The molecule has 0 spiro atoms. The molecule has 0 aromatic rings. The first-order chi connectivity index (χ1) is 9.45. The van der Waals surface area contributed by atoms with Crippen LogP contribution in [0.25, 0.3) is 0 Å². The van der Waals surface area contributed by atoms with Gasteiger partial charge in [0.15, 0.2) is 0 Å². The summed E-state index contributed by atoms with van der Waals surface area (Å²) in [5, 5.41) is 8.81. The molecule has 1 aliphatic rings. The highest BCUT2D eigenvalue weighted by atomic mass is 32.7. The van der Waals surface area contributed by atoms with Gasteiger partial charge in [-0.05, 0) is 6.42 Å². The summed E-state index contributed by atoms with van der Waals surface area (Å²) in [7, 11) is 3.45. The van der Waals surface area contributed by atoms with E-state index < -0.39 is 12.7 Å². The molecule has 1 heterocycles. The molecule has 5 atom stereocenters. The fourth-order valence-electron chi connectivity index (χ4n) is 2.11. The predicted octanol–water partition coefficient (Wildman–Crippen LogP) is 0.286. The molecule has 0 bridgehead atoms. The monoisotopic (exact) mass is 326 g/mol. The number of methoxy groups -OCH3 is 1. The predicted molar refractivity (Wildman–Crippen MR) is 82.5 cm³/mol. The lowest BCUT2D eigenvalue weighted by molar-refractivity contribution is -0.0205. The molecule has 1 fully saturated rings. The second kappa shape index (κ2) is 8.78. The van der Waals surface area contributed by atoms with E-state index in [0.29, 0.717) is 25.8 Å². The number of rotatable bonds is 9. The molecule has 9 heteroatoms. The highest BCUT2D eigenvalue weighted by molar-refractivity contribution is 8.46. The number of ether oxygens (including phenoxy) is 3. The minimum Gasteiger partial charge on any atom is -0.396 e. The molecule has 0 saturated carbocycles. The average Bonchev–Trinajstić information content (AvgIpc) is 2.67. The van der Waals surface area contributed by atoms with E-state index in [9.17, 15) is 4.57 Å². The molecule has 1 saturated heterocycles. The van der Waals surface area contributed by atoms with Crippen molar-refractivity contribution in [2.24, 2.45) is 0 Å². The quantitative estimate of drug-likeness (QED) is 0.275. The van der Waals surface area contributed by atoms with Gasteiger partial charge >= 0.3 is 0 Å². The molecule has 0 amide bonds. The molecule has 0 aromatic carbocycles. The summed E-state index contributed by atoms with van der Waals surface area (Å²) < 4.78 is 34.4. The fourth-order valence-corrected chi connectivity index (χ4v) is 3.23. The van der Waals surface area contributed by atoms with Crippen LogP contribution in [-0.2, 0) is 23.3 Å². The van der Waals surface area contributed by atoms with E-state index in [2.05, 4.69) is 12.2 Å². The molecule has 2 unspecified atom stereocenters. The van der Waals surface area contributed by atoms with E-state index in [4.69, 9.17) is 23.8 Å². The lowest BCUT2D eigenvalue weighted by atomic mass is 9.93. The van der Waals surface area contributed by atoms with Crippen molar-refractivity contribution in [1.82, 2.24) is 0 Å². The Balaban J connectivity index is 2.74.